The van der Waals surface area contributed by atoms with Gasteiger partial charge in [0.2, 0.25) is 0 Å². The van der Waals surface area contributed by atoms with Crippen LogP contribution in [0.1, 0.15) is 26.2 Å². The smallest absolute Gasteiger partial charge is 0.335 e. The zero-order chi connectivity index (χ0) is 21.4. The zero-order valence-corrected chi connectivity index (χ0v) is 13.8. The minimum atomic E-state index is -2.20. The van der Waals surface area contributed by atoms with Crippen LogP contribution < -0.4 is 0 Å². The molecule has 4 atom stereocenters. The molecule has 0 saturated heterocycles. The van der Waals surface area contributed by atoms with E-state index in [1.807, 2.05) is 0 Å². The third-order valence-electron chi connectivity index (χ3n) is 2.36. The highest BCUT2D eigenvalue weighted by atomic mass is 16.4. The van der Waals surface area contributed by atoms with Crippen LogP contribution in [0.25, 0.3) is 0 Å². The van der Waals surface area contributed by atoms with Gasteiger partial charge in [-0.05, 0) is 0 Å². The number of aliphatic hydroxyl groups is 5. The van der Waals surface area contributed by atoms with E-state index in [0.717, 1.165) is 0 Å². The Morgan fingerprint density at radius 2 is 1.08 bits per heavy atom. The summed E-state index contributed by atoms with van der Waals surface area (Å²) in [7, 11) is 0. The molecule has 0 amide bonds. The normalized spacial score (nSPS) is 14.2. The second kappa shape index (κ2) is 16.2. The number of rotatable bonds is 9. The first-order chi connectivity index (χ1) is 11.8. The SMILES string of the molecule is CCC(=O)O.O=C(O)CCC(=O)O.O=C(O)[C@H](O)[C@@H](O)[C@H](O)[C@H](O)CO. The summed E-state index contributed by atoms with van der Waals surface area (Å²) in [4.78, 5) is 38.7. The number of hydrogen-bond donors (Lipinski definition) is 9. The molecule has 9 N–H and O–H groups in total. The van der Waals surface area contributed by atoms with Crippen LogP contribution >= 0.6 is 0 Å². The Morgan fingerprint density at radius 3 is 1.27 bits per heavy atom. The molecule has 0 heterocycles. The van der Waals surface area contributed by atoms with E-state index in [2.05, 4.69) is 0 Å². The van der Waals surface area contributed by atoms with Crippen molar-refractivity contribution in [3.63, 3.8) is 0 Å². The van der Waals surface area contributed by atoms with Gasteiger partial charge < -0.3 is 46.0 Å². The van der Waals surface area contributed by atoms with Crippen molar-refractivity contribution >= 4 is 23.9 Å². The molecular formula is C13H24O13. The lowest BCUT2D eigenvalue weighted by molar-refractivity contribution is -0.164. The molecule has 26 heavy (non-hydrogen) atoms. The quantitative estimate of drug-likeness (QED) is 0.190. The summed E-state index contributed by atoms with van der Waals surface area (Å²) < 4.78 is 0. The minimum absolute atomic E-state index is 0.222. The van der Waals surface area contributed by atoms with Gasteiger partial charge in [0.05, 0.1) is 19.4 Å². The molecule has 0 rings (SSSR count). The van der Waals surface area contributed by atoms with Crippen LogP contribution in [0.4, 0.5) is 0 Å². The molecule has 0 aromatic rings. The Hall–Kier alpha value is -2.32. The predicted octanol–water partition coefficient (Wildman–Crippen LogP) is -3.08. The van der Waals surface area contributed by atoms with Crippen molar-refractivity contribution in [2.24, 2.45) is 0 Å². The first-order valence-corrected chi connectivity index (χ1v) is 7.02. The standard InChI is InChI=1S/C6H12O7.C4H6O4.C3H6O2/c7-1-2(8)3(9)4(10)5(11)6(12)13;5-3(6)1-2-4(7)8;1-2-3(4)5/h2-5,7-11H,1H2,(H,12,13);1-2H2,(H,5,6)(H,7,8);2H2,1H3,(H,4,5)/t2-,3-,4+,5-;;/m1../s1. The minimum Gasteiger partial charge on any atom is -0.481 e. The van der Waals surface area contributed by atoms with Gasteiger partial charge >= 0.3 is 23.9 Å². The Bertz CT molecular complexity index is 422. The van der Waals surface area contributed by atoms with Crippen LogP contribution in [-0.4, -0.2) is 101 Å². The first-order valence-electron chi connectivity index (χ1n) is 7.02. The van der Waals surface area contributed by atoms with Crippen molar-refractivity contribution in [2.75, 3.05) is 6.61 Å². The van der Waals surface area contributed by atoms with Gasteiger partial charge in [0.15, 0.2) is 6.10 Å². The van der Waals surface area contributed by atoms with E-state index in [4.69, 9.17) is 46.0 Å². The Kier molecular flexibility index (Phi) is 17.7. The summed E-state index contributed by atoms with van der Waals surface area (Å²) in [6.45, 7) is 0.757. The van der Waals surface area contributed by atoms with Crippen molar-refractivity contribution in [1.82, 2.24) is 0 Å². The van der Waals surface area contributed by atoms with Gasteiger partial charge in [0, 0.05) is 6.42 Å². The monoisotopic (exact) mass is 388 g/mol. The second-order valence-electron chi connectivity index (χ2n) is 4.55. The number of aliphatic hydroxyl groups excluding tert-OH is 5. The summed E-state index contributed by atoms with van der Waals surface area (Å²) in [6.07, 6.45) is -8.21. The van der Waals surface area contributed by atoms with E-state index in [1.165, 1.54) is 0 Å². The van der Waals surface area contributed by atoms with Gasteiger partial charge in [-0.1, -0.05) is 6.92 Å². The Labute approximate surface area is 147 Å². The van der Waals surface area contributed by atoms with Gasteiger partial charge in [-0.3, -0.25) is 14.4 Å². The van der Waals surface area contributed by atoms with E-state index < -0.39 is 54.9 Å². The molecular weight excluding hydrogens is 364 g/mol. The second-order valence-corrected chi connectivity index (χ2v) is 4.55. The largest absolute Gasteiger partial charge is 0.481 e. The number of aliphatic carboxylic acids is 4. The van der Waals surface area contributed by atoms with E-state index in [9.17, 15) is 19.2 Å². The summed E-state index contributed by atoms with van der Waals surface area (Å²) in [5.74, 6) is -4.62. The molecule has 0 unspecified atom stereocenters. The third-order valence-corrected chi connectivity index (χ3v) is 2.36. The maximum Gasteiger partial charge on any atom is 0.335 e. The molecule has 0 spiro atoms. The fourth-order valence-corrected chi connectivity index (χ4v) is 0.882. The Morgan fingerprint density at radius 1 is 0.731 bits per heavy atom. The van der Waals surface area contributed by atoms with Crippen molar-refractivity contribution in [3.05, 3.63) is 0 Å². The van der Waals surface area contributed by atoms with Crippen LogP contribution in [-0.2, 0) is 19.2 Å². The average molecular weight is 388 g/mol. The molecule has 0 aliphatic carbocycles. The fraction of sp³-hybridized carbons (Fsp3) is 0.692. The van der Waals surface area contributed by atoms with Crippen LogP contribution in [0.2, 0.25) is 0 Å². The third kappa shape index (κ3) is 18.0. The molecule has 0 bridgehead atoms. The molecule has 13 heteroatoms. The van der Waals surface area contributed by atoms with E-state index in [-0.39, 0.29) is 19.3 Å². The number of carboxylic acids is 4. The van der Waals surface area contributed by atoms with Crippen LogP contribution in [0.3, 0.4) is 0 Å². The summed E-state index contributed by atoms with van der Waals surface area (Å²) in [5, 5.41) is 75.3. The lowest BCUT2D eigenvalue weighted by atomic mass is 10.0. The van der Waals surface area contributed by atoms with Crippen molar-refractivity contribution in [1.29, 1.82) is 0 Å². The highest BCUT2D eigenvalue weighted by Gasteiger charge is 2.33. The van der Waals surface area contributed by atoms with Crippen LogP contribution in [0, 0.1) is 0 Å². The van der Waals surface area contributed by atoms with Crippen molar-refractivity contribution < 1.29 is 65.1 Å². The molecule has 0 fully saturated rings. The molecule has 0 radical (unpaired) electrons. The van der Waals surface area contributed by atoms with Crippen LogP contribution in [0.15, 0.2) is 0 Å². The topological polar surface area (TPSA) is 250 Å². The van der Waals surface area contributed by atoms with Gasteiger partial charge in [0.1, 0.15) is 18.3 Å². The summed E-state index contributed by atoms with van der Waals surface area (Å²) in [6, 6.07) is 0. The van der Waals surface area contributed by atoms with Gasteiger partial charge in [-0.25, -0.2) is 4.79 Å². The number of hydrogen-bond acceptors (Lipinski definition) is 9. The first kappa shape index (κ1) is 28.5. The maximum absolute atomic E-state index is 10.1. The fourth-order valence-electron chi connectivity index (χ4n) is 0.882. The number of carboxylic acid groups (broad SMARTS) is 4. The number of carbonyl (C=O) groups is 4. The maximum atomic E-state index is 10.1. The van der Waals surface area contributed by atoms with E-state index in [0.29, 0.717) is 0 Å². The van der Waals surface area contributed by atoms with Crippen LogP contribution in [0.5, 0.6) is 0 Å². The Balaban J connectivity index is -0.000000346. The molecule has 0 aromatic carbocycles. The molecule has 0 aliphatic rings. The molecule has 154 valence electrons. The summed E-state index contributed by atoms with van der Waals surface area (Å²) >= 11 is 0. The van der Waals surface area contributed by atoms with Gasteiger partial charge in [-0.15, -0.1) is 0 Å². The zero-order valence-electron chi connectivity index (χ0n) is 13.8. The lowest BCUT2D eigenvalue weighted by Crippen LogP contribution is -2.48. The molecule has 0 saturated carbocycles. The van der Waals surface area contributed by atoms with E-state index >= 15 is 0 Å². The lowest BCUT2D eigenvalue weighted by Gasteiger charge is -2.23. The van der Waals surface area contributed by atoms with Gasteiger partial charge in [0.25, 0.3) is 0 Å². The highest BCUT2D eigenvalue weighted by molar-refractivity contribution is 5.75. The predicted molar refractivity (Wildman–Crippen MR) is 81.2 cm³/mol. The van der Waals surface area contributed by atoms with Gasteiger partial charge in [-0.2, -0.15) is 0 Å². The molecule has 13 nitrogen and oxygen atoms in total. The van der Waals surface area contributed by atoms with Crippen molar-refractivity contribution in [2.45, 2.75) is 50.6 Å². The average Bonchev–Trinajstić information content (AvgIpc) is 2.57. The van der Waals surface area contributed by atoms with E-state index in [1.54, 1.807) is 6.92 Å². The summed E-state index contributed by atoms with van der Waals surface area (Å²) in [5.41, 5.74) is 0. The van der Waals surface area contributed by atoms with Crippen molar-refractivity contribution in [3.8, 4) is 0 Å². The molecule has 0 aliphatic heterocycles. The molecule has 0 aromatic heterocycles. The highest BCUT2D eigenvalue weighted by Crippen LogP contribution is 2.04.